The van der Waals surface area contributed by atoms with Crippen LogP contribution in [0.4, 0.5) is 8.78 Å². The molecule has 1 unspecified atom stereocenters. The first-order valence-electron chi connectivity index (χ1n) is 3.66. The predicted octanol–water partition coefficient (Wildman–Crippen LogP) is 3.46. The molecule has 0 heterocycles. The molecule has 12 heavy (non-hydrogen) atoms. The third-order valence-electron chi connectivity index (χ3n) is 1.72. The second-order valence-corrected chi connectivity index (χ2v) is 3.34. The van der Waals surface area contributed by atoms with Gasteiger partial charge in [-0.15, -0.1) is 0 Å². The Morgan fingerprint density at radius 2 is 1.83 bits per heavy atom. The molecular weight excluding hydrogens is 226 g/mol. The SMILES string of the molecule is CC(CBr)c1c(F)cccc1F. The molecule has 0 radical (unpaired) electrons. The lowest BCUT2D eigenvalue weighted by Crippen LogP contribution is -2.01. The highest BCUT2D eigenvalue weighted by atomic mass is 79.9. The topological polar surface area (TPSA) is 0 Å². The number of halogens is 3. The van der Waals surface area contributed by atoms with Gasteiger partial charge in [0, 0.05) is 10.9 Å². The van der Waals surface area contributed by atoms with Crippen molar-refractivity contribution in [1.29, 1.82) is 0 Å². The number of hydrogen-bond donors (Lipinski definition) is 0. The average molecular weight is 235 g/mol. The van der Waals surface area contributed by atoms with Gasteiger partial charge in [-0.05, 0) is 18.1 Å². The Labute approximate surface area is 78.7 Å². The number of benzene rings is 1. The number of alkyl halides is 1. The molecule has 66 valence electrons. The number of hydrogen-bond acceptors (Lipinski definition) is 0. The summed E-state index contributed by atoms with van der Waals surface area (Å²) in [7, 11) is 0. The van der Waals surface area contributed by atoms with Crippen molar-refractivity contribution in [3.05, 3.63) is 35.4 Å². The molecule has 0 fully saturated rings. The fourth-order valence-electron chi connectivity index (χ4n) is 1.06. The molecule has 0 saturated heterocycles. The molecule has 1 atom stereocenters. The van der Waals surface area contributed by atoms with Gasteiger partial charge in [-0.3, -0.25) is 0 Å². The third-order valence-corrected chi connectivity index (χ3v) is 2.70. The van der Waals surface area contributed by atoms with Crippen LogP contribution in [-0.4, -0.2) is 5.33 Å². The summed E-state index contributed by atoms with van der Waals surface area (Å²) in [6.45, 7) is 1.77. The molecule has 0 aliphatic carbocycles. The minimum atomic E-state index is -0.470. The van der Waals surface area contributed by atoms with E-state index in [0.717, 1.165) is 0 Å². The van der Waals surface area contributed by atoms with Crippen LogP contribution in [0.3, 0.4) is 0 Å². The van der Waals surface area contributed by atoms with Crippen molar-refractivity contribution in [2.24, 2.45) is 0 Å². The molecule has 0 aromatic heterocycles. The van der Waals surface area contributed by atoms with Crippen molar-refractivity contribution in [2.75, 3.05) is 5.33 Å². The van der Waals surface area contributed by atoms with Gasteiger partial charge in [-0.1, -0.05) is 28.9 Å². The Bertz CT molecular complexity index is 253. The quantitative estimate of drug-likeness (QED) is 0.688. The van der Waals surface area contributed by atoms with E-state index in [4.69, 9.17) is 0 Å². The highest BCUT2D eigenvalue weighted by molar-refractivity contribution is 9.09. The molecule has 0 nitrogen and oxygen atoms in total. The van der Waals surface area contributed by atoms with E-state index in [9.17, 15) is 8.78 Å². The van der Waals surface area contributed by atoms with E-state index in [1.54, 1.807) is 6.92 Å². The fraction of sp³-hybridized carbons (Fsp3) is 0.333. The Morgan fingerprint density at radius 1 is 1.33 bits per heavy atom. The Balaban J connectivity index is 3.12. The van der Waals surface area contributed by atoms with Crippen LogP contribution < -0.4 is 0 Å². The minimum Gasteiger partial charge on any atom is -0.207 e. The van der Waals surface area contributed by atoms with Crippen molar-refractivity contribution in [1.82, 2.24) is 0 Å². The summed E-state index contributed by atoms with van der Waals surface area (Å²) in [6.07, 6.45) is 0. The molecule has 0 aliphatic rings. The van der Waals surface area contributed by atoms with E-state index in [0.29, 0.717) is 5.33 Å². The summed E-state index contributed by atoms with van der Waals surface area (Å²) >= 11 is 3.19. The lowest BCUT2D eigenvalue weighted by molar-refractivity contribution is 0.543. The van der Waals surface area contributed by atoms with Crippen LogP contribution in [0.25, 0.3) is 0 Å². The van der Waals surface area contributed by atoms with E-state index < -0.39 is 11.6 Å². The van der Waals surface area contributed by atoms with Crippen LogP contribution in [0, 0.1) is 11.6 Å². The van der Waals surface area contributed by atoms with Crippen molar-refractivity contribution in [3.63, 3.8) is 0 Å². The molecule has 0 bridgehead atoms. The minimum absolute atomic E-state index is 0.133. The first kappa shape index (κ1) is 9.65. The summed E-state index contributed by atoms with van der Waals surface area (Å²) in [4.78, 5) is 0. The van der Waals surface area contributed by atoms with Crippen LogP contribution in [0.5, 0.6) is 0 Å². The van der Waals surface area contributed by atoms with Gasteiger partial charge in [0.25, 0.3) is 0 Å². The maximum Gasteiger partial charge on any atom is 0.129 e. The molecule has 3 heteroatoms. The zero-order chi connectivity index (χ0) is 9.14. The maximum atomic E-state index is 13.0. The van der Waals surface area contributed by atoms with Crippen molar-refractivity contribution < 1.29 is 8.78 Å². The van der Waals surface area contributed by atoms with Crippen molar-refractivity contribution >= 4 is 15.9 Å². The summed E-state index contributed by atoms with van der Waals surface area (Å²) in [5.74, 6) is -1.07. The molecule has 0 aliphatic heterocycles. The molecule has 0 spiro atoms. The van der Waals surface area contributed by atoms with Crippen molar-refractivity contribution in [3.8, 4) is 0 Å². The normalized spacial score (nSPS) is 13.0. The Morgan fingerprint density at radius 3 is 2.25 bits per heavy atom. The Kier molecular flexibility index (Phi) is 3.20. The average Bonchev–Trinajstić information content (AvgIpc) is 2.03. The number of rotatable bonds is 2. The van der Waals surface area contributed by atoms with Gasteiger partial charge in [0.2, 0.25) is 0 Å². The van der Waals surface area contributed by atoms with Gasteiger partial charge in [0.05, 0.1) is 0 Å². The van der Waals surface area contributed by atoms with Gasteiger partial charge in [-0.2, -0.15) is 0 Å². The van der Waals surface area contributed by atoms with Crippen LogP contribution in [0.15, 0.2) is 18.2 Å². The second kappa shape index (κ2) is 3.99. The van der Waals surface area contributed by atoms with Gasteiger partial charge in [-0.25, -0.2) is 8.78 Å². The third kappa shape index (κ3) is 1.83. The predicted molar refractivity (Wildman–Crippen MR) is 48.6 cm³/mol. The van der Waals surface area contributed by atoms with Gasteiger partial charge in [0.15, 0.2) is 0 Å². The zero-order valence-electron chi connectivity index (χ0n) is 6.65. The largest absolute Gasteiger partial charge is 0.207 e. The monoisotopic (exact) mass is 234 g/mol. The van der Waals surface area contributed by atoms with Crippen molar-refractivity contribution in [2.45, 2.75) is 12.8 Å². The maximum absolute atomic E-state index is 13.0. The second-order valence-electron chi connectivity index (χ2n) is 2.69. The van der Waals surface area contributed by atoms with Crippen LogP contribution in [0.2, 0.25) is 0 Å². The fourth-order valence-corrected chi connectivity index (χ4v) is 1.38. The van der Waals surface area contributed by atoms with E-state index >= 15 is 0 Å². The Hall–Kier alpha value is -0.440. The van der Waals surface area contributed by atoms with Crippen LogP contribution in [-0.2, 0) is 0 Å². The summed E-state index contributed by atoms with van der Waals surface area (Å²) in [5, 5.41) is 0.560. The van der Waals surface area contributed by atoms with Gasteiger partial charge >= 0.3 is 0 Å². The van der Waals surface area contributed by atoms with Crippen LogP contribution >= 0.6 is 15.9 Å². The highest BCUT2D eigenvalue weighted by Gasteiger charge is 2.13. The molecule has 1 aromatic carbocycles. The van der Waals surface area contributed by atoms with Gasteiger partial charge < -0.3 is 0 Å². The first-order valence-corrected chi connectivity index (χ1v) is 4.78. The van der Waals surface area contributed by atoms with Gasteiger partial charge in [0.1, 0.15) is 11.6 Å². The molecule has 0 saturated carbocycles. The summed E-state index contributed by atoms with van der Waals surface area (Å²) in [6, 6.07) is 3.92. The lowest BCUT2D eigenvalue weighted by atomic mass is 10.0. The zero-order valence-corrected chi connectivity index (χ0v) is 8.24. The van der Waals surface area contributed by atoms with E-state index in [1.165, 1.54) is 18.2 Å². The molecule has 1 rings (SSSR count). The highest BCUT2D eigenvalue weighted by Crippen LogP contribution is 2.23. The molecular formula is C9H9BrF2. The lowest BCUT2D eigenvalue weighted by Gasteiger charge is -2.09. The van der Waals surface area contributed by atoms with Crippen LogP contribution in [0.1, 0.15) is 18.4 Å². The standard InChI is InChI=1S/C9H9BrF2/c1-6(5-10)9-7(11)3-2-4-8(9)12/h2-4,6H,5H2,1H3. The molecule has 0 amide bonds. The molecule has 0 N–H and O–H groups in total. The van der Waals surface area contributed by atoms with E-state index in [-0.39, 0.29) is 11.5 Å². The van der Waals surface area contributed by atoms with E-state index in [2.05, 4.69) is 15.9 Å². The summed E-state index contributed by atoms with van der Waals surface area (Å²) in [5.41, 5.74) is 0.161. The smallest absolute Gasteiger partial charge is 0.129 e. The summed E-state index contributed by atoms with van der Waals surface area (Å²) < 4.78 is 26.1. The first-order chi connectivity index (χ1) is 5.66. The van der Waals surface area contributed by atoms with E-state index in [1.807, 2.05) is 0 Å². The molecule has 1 aromatic rings.